The highest BCUT2D eigenvalue weighted by Gasteiger charge is 2.00. The van der Waals surface area contributed by atoms with Crippen LogP contribution in [0.25, 0.3) is 0 Å². The average molecular weight is 216 g/mol. The number of nitrogens with zero attached hydrogens (tertiary/aromatic N) is 2. The van der Waals surface area contributed by atoms with E-state index in [1.807, 2.05) is 44.6 Å². The van der Waals surface area contributed by atoms with E-state index in [9.17, 15) is 0 Å². The molecule has 0 radical (unpaired) electrons. The number of nitrogens with two attached hydrogens (primary N) is 1. The van der Waals surface area contributed by atoms with E-state index in [0.29, 0.717) is 0 Å². The van der Waals surface area contributed by atoms with Gasteiger partial charge in [-0.15, -0.1) is 0 Å². The molecule has 84 valence electrons. The van der Waals surface area contributed by atoms with Crippen molar-refractivity contribution in [3.63, 3.8) is 0 Å². The van der Waals surface area contributed by atoms with Crippen LogP contribution in [0.5, 0.6) is 0 Å². The van der Waals surface area contributed by atoms with Gasteiger partial charge in [-0.2, -0.15) is 5.10 Å². The van der Waals surface area contributed by atoms with Crippen molar-refractivity contribution in [1.29, 1.82) is 0 Å². The van der Waals surface area contributed by atoms with Crippen molar-refractivity contribution in [1.82, 2.24) is 9.78 Å². The molecule has 2 aromatic rings. The molecular weight excluding hydrogens is 200 g/mol. The standard InChI is InChI=1S/C12H16N4/c1-9-3-4-12(11(13)5-9)14-6-10-7-15-16(2)8-10/h3-5,7-8,14H,6,13H2,1-2H3. The maximum Gasteiger partial charge on any atom is 0.0576 e. The van der Waals surface area contributed by atoms with E-state index in [2.05, 4.69) is 10.4 Å². The predicted molar refractivity (Wildman–Crippen MR) is 66.1 cm³/mol. The molecule has 0 aliphatic carbocycles. The van der Waals surface area contributed by atoms with E-state index in [-0.39, 0.29) is 0 Å². The Kier molecular flexibility index (Phi) is 2.81. The summed E-state index contributed by atoms with van der Waals surface area (Å²) in [4.78, 5) is 0. The molecule has 0 saturated carbocycles. The third kappa shape index (κ3) is 2.34. The lowest BCUT2D eigenvalue weighted by Crippen LogP contribution is -2.02. The fourth-order valence-electron chi connectivity index (χ4n) is 1.60. The van der Waals surface area contributed by atoms with Gasteiger partial charge in [-0.05, 0) is 24.6 Å². The van der Waals surface area contributed by atoms with Crippen LogP contribution in [-0.2, 0) is 13.6 Å². The highest BCUT2D eigenvalue weighted by molar-refractivity contribution is 5.66. The Morgan fingerprint density at radius 1 is 1.44 bits per heavy atom. The van der Waals surface area contributed by atoms with Crippen molar-refractivity contribution in [2.45, 2.75) is 13.5 Å². The summed E-state index contributed by atoms with van der Waals surface area (Å²) in [6.45, 7) is 2.77. The Bertz CT molecular complexity index is 488. The smallest absolute Gasteiger partial charge is 0.0576 e. The highest BCUT2D eigenvalue weighted by Crippen LogP contribution is 2.19. The molecule has 1 aromatic carbocycles. The maximum atomic E-state index is 5.91. The molecule has 1 aromatic heterocycles. The minimum absolute atomic E-state index is 0.737. The van der Waals surface area contributed by atoms with Crippen molar-refractivity contribution in [2.75, 3.05) is 11.1 Å². The van der Waals surface area contributed by atoms with Crippen LogP contribution < -0.4 is 11.1 Å². The van der Waals surface area contributed by atoms with Crippen molar-refractivity contribution in [3.8, 4) is 0 Å². The summed E-state index contributed by atoms with van der Waals surface area (Å²) in [7, 11) is 1.91. The van der Waals surface area contributed by atoms with Gasteiger partial charge in [0, 0.05) is 25.4 Å². The molecule has 0 aliphatic rings. The summed E-state index contributed by atoms with van der Waals surface area (Å²) in [5.74, 6) is 0. The van der Waals surface area contributed by atoms with E-state index in [1.54, 1.807) is 4.68 Å². The molecule has 0 unspecified atom stereocenters. The molecular formula is C12H16N4. The largest absolute Gasteiger partial charge is 0.397 e. The Balaban J connectivity index is 2.04. The van der Waals surface area contributed by atoms with E-state index in [0.717, 1.165) is 23.5 Å². The third-order valence-electron chi connectivity index (χ3n) is 2.45. The second kappa shape index (κ2) is 4.26. The van der Waals surface area contributed by atoms with Crippen molar-refractivity contribution in [3.05, 3.63) is 41.7 Å². The average Bonchev–Trinajstić information content (AvgIpc) is 2.63. The van der Waals surface area contributed by atoms with E-state index in [4.69, 9.17) is 5.73 Å². The van der Waals surface area contributed by atoms with E-state index >= 15 is 0 Å². The summed E-state index contributed by atoms with van der Waals surface area (Å²) in [5, 5.41) is 7.40. The number of hydrogen-bond acceptors (Lipinski definition) is 3. The summed E-state index contributed by atoms with van der Waals surface area (Å²) in [6, 6.07) is 6.01. The Hall–Kier alpha value is -1.97. The summed E-state index contributed by atoms with van der Waals surface area (Å²) >= 11 is 0. The van der Waals surface area contributed by atoms with Gasteiger partial charge in [0.25, 0.3) is 0 Å². The molecule has 0 spiro atoms. The van der Waals surface area contributed by atoms with Crippen molar-refractivity contribution < 1.29 is 0 Å². The molecule has 0 fully saturated rings. The van der Waals surface area contributed by atoms with Crippen LogP contribution >= 0.6 is 0 Å². The zero-order valence-electron chi connectivity index (χ0n) is 9.57. The molecule has 4 heteroatoms. The molecule has 0 aliphatic heterocycles. The Morgan fingerprint density at radius 2 is 2.25 bits per heavy atom. The maximum absolute atomic E-state index is 5.91. The van der Waals surface area contributed by atoms with Gasteiger partial charge in [-0.1, -0.05) is 6.07 Å². The van der Waals surface area contributed by atoms with Crippen molar-refractivity contribution >= 4 is 11.4 Å². The topological polar surface area (TPSA) is 55.9 Å². The molecule has 0 atom stereocenters. The van der Waals surface area contributed by atoms with Gasteiger partial charge >= 0.3 is 0 Å². The number of nitrogen functional groups attached to an aromatic ring is 1. The number of aromatic nitrogens is 2. The molecule has 0 bridgehead atoms. The van der Waals surface area contributed by atoms with Gasteiger partial charge in [0.2, 0.25) is 0 Å². The molecule has 4 nitrogen and oxygen atoms in total. The quantitative estimate of drug-likeness (QED) is 0.771. The lowest BCUT2D eigenvalue weighted by atomic mass is 10.2. The molecule has 2 rings (SSSR count). The monoisotopic (exact) mass is 216 g/mol. The van der Waals surface area contributed by atoms with Crippen LogP contribution in [-0.4, -0.2) is 9.78 Å². The first-order valence-electron chi connectivity index (χ1n) is 5.22. The molecule has 1 heterocycles. The molecule has 0 saturated heterocycles. The Labute approximate surface area is 95.1 Å². The number of anilines is 2. The molecule has 0 amide bonds. The van der Waals surface area contributed by atoms with Crippen LogP contribution in [0.1, 0.15) is 11.1 Å². The first-order chi connectivity index (χ1) is 7.65. The minimum atomic E-state index is 0.737. The number of hydrogen-bond donors (Lipinski definition) is 2. The highest BCUT2D eigenvalue weighted by atomic mass is 15.2. The van der Waals surface area contributed by atoms with Crippen molar-refractivity contribution in [2.24, 2.45) is 7.05 Å². The van der Waals surface area contributed by atoms with Gasteiger partial charge < -0.3 is 11.1 Å². The number of benzene rings is 1. The zero-order chi connectivity index (χ0) is 11.5. The SMILES string of the molecule is Cc1ccc(NCc2cnn(C)c2)c(N)c1. The van der Waals surface area contributed by atoms with Crippen LogP contribution in [0.2, 0.25) is 0 Å². The number of aryl methyl sites for hydroxylation is 2. The van der Waals surface area contributed by atoms with Gasteiger partial charge in [0.15, 0.2) is 0 Å². The minimum Gasteiger partial charge on any atom is -0.397 e. The van der Waals surface area contributed by atoms with Crippen LogP contribution in [0.4, 0.5) is 11.4 Å². The first kappa shape index (κ1) is 10.5. The fourth-order valence-corrected chi connectivity index (χ4v) is 1.60. The normalized spacial score (nSPS) is 10.4. The third-order valence-corrected chi connectivity index (χ3v) is 2.45. The fraction of sp³-hybridized carbons (Fsp3) is 0.250. The van der Waals surface area contributed by atoms with E-state index < -0.39 is 0 Å². The predicted octanol–water partition coefficient (Wildman–Crippen LogP) is 1.92. The summed E-state index contributed by atoms with van der Waals surface area (Å²) in [5.41, 5.74) is 9.97. The zero-order valence-corrected chi connectivity index (χ0v) is 9.57. The summed E-state index contributed by atoms with van der Waals surface area (Å²) < 4.78 is 1.79. The van der Waals surface area contributed by atoms with Crippen LogP contribution in [0.3, 0.4) is 0 Å². The second-order valence-corrected chi connectivity index (χ2v) is 3.97. The Morgan fingerprint density at radius 3 is 2.88 bits per heavy atom. The van der Waals surface area contributed by atoms with Crippen LogP contribution in [0.15, 0.2) is 30.6 Å². The van der Waals surface area contributed by atoms with Crippen LogP contribution in [0, 0.1) is 6.92 Å². The summed E-state index contributed by atoms with van der Waals surface area (Å²) in [6.07, 6.45) is 3.83. The van der Waals surface area contributed by atoms with Gasteiger partial charge in [0.1, 0.15) is 0 Å². The van der Waals surface area contributed by atoms with E-state index in [1.165, 1.54) is 5.56 Å². The number of nitrogens with one attached hydrogen (secondary N) is 1. The van der Waals surface area contributed by atoms with Gasteiger partial charge in [-0.25, -0.2) is 0 Å². The molecule has 3 N–H and O–H groups in total. The number of rotatable bonds is 3. The lowest BCUT2D eigenvalue weighted by molar-refractivity contribution is 0.767. The first-order valence-corrected chi connectivity index (χ1v) is 5.22. The van der Waals surface area contributed by atoms with Gasteiger partial charge in [0.05, 0.1) is 17.6 Å². The second-order valence-electron chi connectivity index (χ2n) is 3.97. The lowest BCUT2D eigenvalue weighted by Gasteiger charge is -2.08. The van der Waals surface area contributed by atoms with Gasteiger partial charge in [-0.3, -0.25) is 4.68 Å². The molecule has 16 heavy (non-hydrogen) atoms.